The van der Waals surface area contributed by atoms with Crippen LogP contribution in [-0.2, 0) is 6.54 Å². The fraction of sp³-hybridized carbons (Fsp3) is 0.500. The number of aliphatic hydroxyl groups excluding tert-OH is 1. The molecule has 1 aromatic carbocycles. The molecule has 1 fully saturated rings. The van der Waals surface area contributed by atoms with Crippen molar-refractivity contribution in [2.75, 3.05) is 40.5 Å². The monoisotopic (exact) mass is 331 g/mol. The first kappa shape index (κ1) is 17.0. The lowest BCUT2D eigenvalue weighted by molar-refractivity contribution is 0.278. The molecule has 0 amide bonds. The van der Waals surface area contributed by atoms with Gasteiger partial charge in [-0.05, 0) is 18.1 Å². The largest absolute Gasteiger partial charge is 0.497 e. The highest BCUT2D eigenvalue weighted by atomic mass is 16.5. The number of likely N-dealkylation sites (tertiary alicyclic amines) is 1. The molecule has 0 spiro atoms. The number of pyridine rings is 1. The van der Waals surface area contributed by atoms with Gasteiger partial charge in [0.2, 0.25) is 0 Å². The van der Waals surface area contributed by atoms with Gasteiger partial charge in [0, 0.05) is 55.9 Å². The Bertz CT molecular complexity index is 693. The number of fused-ring (bicyclic) bond motifs is 1. The van der Waals surface area contributed by atoms with Gasteiger partial charge in [0.05, 0.1) is 26.3 Å². The van der Waals surface area contributed by atoms with Crippen LogP contribution in [-0.4, -0.2) is 61.5 Å². The summed E-state index contributed by atoms with van der Waals surface area (Å²) in [6.07, 6.45) is 3.04. The number of aliphatic hydroxyl groups is 1. The van der Waals surface area contributed by atoms with Crippen LogP contribution in [0.4, 0.5) is 0 Å². The molecule has 2 aromatic rings. The van der Waals surface area contributed by atoms with E-state index < -0.39 is 0 Å². The van der Waals surface area contributed by atoms with E-state index in [1.165, 1.54) is 5.56 Å². The first-order valence-corrected chi connectivity index (χ1v) is 8.30. The molecule has 24 heavy (non-hydrogen) atoms. The zero-order valence-electron chi connectivity index (χ0n) is 14.3. The molecular formula is C18H25N3O3. The van der Waals surface area contributed by atoms with Crippen LogP contribution in [0.1, 0.15) is 12.0 Å². The number of hydrogen-bond donors (Lipinski definition) is 2. The van der Waals surface area contributed by atoms with Gasteiger partial charge in [-0.2, -0.15) is 0 Å². The summed E-state index contributed by atoms with van der Waals surface area (Å²) in [5.74, 6) is 1.53. The average molecular weight is 331 g/mol. The van der Waals surface area contributed by atoms with E-state index in [1.54, 1.807) is 14.2 Å². The van der Waals surface area contributed by atoms with Gasteiger partial charge in [-0.25, -0.2) is 0 Å². The Morgan fingerprint density at radius 1 is 1.29 bits per heavy atom. The second-order valence-electron chi connectivity index (χ2n) is 6.14. The number of hydrogen-bond acceptors (Lipinski definition) is 6. The third-order valence-electron chi connectivity index (χ3n) is 4.47. The van der Waals surface area contributed by atoms with Crippen molar-refractivity contribution in [3.05, 3.63) is 30.0 Å². The van der Waals surface area contributed by atoms with Crippen molar-refractivity contribution in [1.82, 2.24) is 15.2 Å². The van der Waals surface area contributed by atoms with Gasteiger partial charge in [-0.3, -0.25) is 9.88 Å². The lowest BCUT2D eigenvalue weighted by Crippen LogP contribution is -2.34. The lowest BCUT2D eigenvalue weighted by atomic mass is 10.1. The summed E-state index contributed by atoms with van der Waals surface area (Å²) in [6, 6.07) is 6.42. The van der Waals surface area contributed by atoms with Crippen LogP contribution in [0.15, 0.2) is 24.4 Å². The van der Waals surface area contributed by atoms with Crippen molar-refractivity contribution in [2.24, 2.45) is 0 Å². The van der Waals surface area contributed by atoms with Gasteiger partial charge in [0.15, 0.2) is 0 Å². The van der Waals surface area contributed by atoms with Crippen LogP contribution in [0.2, 0.25) is 0 Å². The predicted molar refractivity (Wildman–Crippen MR) is 93.6 cm³/mol. The molecule has 0 saturated carbocycles. The highest BCUT2D eigenvalue weighted by Crippen LogP contribution is 2.30. The fourth-order valence-electron chi connectivity index (χ4n) is 3.26. The topological polar surface area (TPSA) is 66.9 Å². The van der Waals surface area contributed by atoms with E-state index in [0.717, 1.165) is 48.5 Å². The minimum atomic E-state index is 0.189. The molecule has 2 N–H and O–H groups in total. The molecule has 1 aromatic heterocycles. The van der Waals surface area contributed by atoms with E-state index in [4.69, 9.17) is 14.6 Å². The van der Waals surface area contributed by atoms with E-state index in [-0.39, 0.29) is 6.61 Å². The molecule has 0 bridgehead atoms. The van der Waals surface area contributed by atoms with Gasteiger partial charge in [-0.1, -0.05) is 0 Å². The minimum Gasteiger partial charge on any atom is -0.497 e. The summed E-state index contributed by atoms with van der Waals surface area (Å²) >= 11 is 0. The maximum Gasteiger partial charge on any atom is 0.131 e. The highest BCUT2D eigenvalue weighted by Gasteiger charge is 2.22. The van der Waals surface area contributed by atoms with Crippen molar-refractivity contribution in [3.8, 4) is 11.5 Å². The van der Waals surface area contributed by atoms with E-state index in [9.17, 15) is 0 Å². The second-order valence-corrected chi connectivity index (χ2v) is 6.14. The third-order valence-corrected chi connectivity index (χ3v) is 4.47. The van der Waals surface area contributed by atoms with Crippen molar-refractivity contribution in [2.45, 2.75) is 19.0 Å². The minimum absolute atomic E-state index is 0.189. The van der Waals surface area contributed by atoms with Crippen LogP contribution >= 0.6 is 0 Å². The van der Waals surface area contributed by atoms with Crippen LogP contribution in [0.5, 0.6) is 11.5 Å². The number of aromatic nitrogens is 1. The molecule has 1 unspecified atom stereocenters. The number of ether oxygens (including phenoxy) is 2. The summed E-state index contributed by atoms with van der Waals surface area (Å²) < 4.78 is 10.8. The zero-order valence-corrected chi connectivity index (χ0v) is 14.3. The molecule has 6 nitrogen and oxygen atoms in total. The molecule has 2 heterocycles. The Morgan fingerprint density at radius 3 is 2.92 bits per heavy atom. The molecule has 3 rings (SSSR count). The first-order chi connectivity index (χ1) is 11.7. The fourth-order valence-corrected chi connectivity index (χ4v) is 3.26. The quantitative estimate of drug-likeness (QED) is 0.800. The molecular weight excluding hydrogens is 306 g/mol. The normalized spacial score (nSPS) is 18.2. The van der Waals surface area contributed by atoms with Crippen LogP contribution in [0.25, 0.3) is 10.9 Å². The average Bonchev–Trinajstić information content (AvgIpc) is 3.06. The van der Waals surface area contributed by atoms with Crippen LogP contribution in [0, 0.1) is 0 Å². The van der Waals surface area contributed by atoms with Gasteiger partial charge in [0.25, 0.3) is 0 Å². The van der Waals surface area contributed by atoms with Crippen molar-refractivity contribution in [1.29, 1.82) is 0 Å². The van der Waals surface area contributed by atoms with Crippen LogP contribution < -0.4 is 14.8 Å². The Balaban J connectivity index is 1.74. The number of rotatable bonds is 7. The zero-order chi connectivity index (χ0) is 16.9. The molecule has 0 aliphatic carbocycles. The molecule has 1 aliphatic rings. The molecule has 130 valence electrons. The predicted octanol–water partition coefficient (Wildman–Crippen LogP) is 1.41. The van der Waals surface area contributed by atoms with E-state index in [1.807, 2.05) is 18.3 Å². The second kappa shape index (κ2) is 7.79. The number of nitrogens with one attached hydrogen (secondary N) is 1. The Hall–Kier alpha value is -1.89. The van der Waals surface area contributed by atoms with Gasteiger partial charge < -0.3 is 19.9 Å². The first-order valence-electron chi connectivity index (χ1n) is 8.30. The summed E-state index contributed by atoms with van der Waals surface area (Å²) in [7, 11) is 3.31. The van der Waals surface area contributed by atoms with Gasteiger partial charge in [0.1, 0.15) is 11.5 Å². The number of nitrogens with zero attached hydrogens (tertiary/aromatic N) is 2. The van der Waals surface area contributed by atoms with E-state index in [0.29, 0.717) is 12.6 Å². The molecule has 1 atom stereocenters. The number of methoxy groups -OCH3 is 2. The van der Waals surface area contributed by atoms with E-state index >= 15 is 0 Å². The number of benzene rings is 1. The Morgan fingerprint density at radius 2 is 2.17 bits per heavy atom. The summed E-state index contributed by atoms with van der Waals surface area (Å²) in [5, 5.41) is 13.3. The SMILES string of the molecule is COc1cc(OC)c2cc(CN3CCC(NCCO)C3)cnc2c1. The highest BCUT2D eigenvalue weighted by molar-refractivity contribution is 5.87. The standard InChI is InChI=1S/C18H25N3O3/c1-23-15-8-17-16(18(9-15)24-2)7-13(10-20-17)11-21-5-3-14(12-21)19-4-6-22/h7-10,14,19,22H,3-6,11-12H2,1-2H3. The Kier molecular flexibility index (Phi) is 5.50. The van der Waals surface area contributed by atoms with Crippen molar-refractivity contribution >= 4 is 10.9 Å². The van der Waals surface area contributed by atoms with Crippen molar-refractivity contribution < 1.29 is 14.6 Å². The van der Waals surface area contributed by atoms with Crippen LogP contribution in [0.3, 0.4) is 0 Å². The smallest absolute Gasteiger partial charge is 0.131 e. The van der Waals surface area contributed by atoms with Gasteiger partial charge in [-0.15, -0.1) is 0 Å². The Labute approximate surface area is 142 Å². The summed E-state index contributed by atoms with van der Waals surface area (Å²) in [6.45, 7) is 3.78. The maximum atomic E-state index is 8.91. The van der Waals surface area contributed by atoms with Crippen molar-refractivity contribution in [3.63, 3.8) is 0 Å². The lowest BCUT2D eigenvalue weighted by Gasteiger charge is -2.17. The maximum absolute atomic E-state index is 8.91. The molecule has 1 aliphatic heterocycles. The van der Waals surface area contributed by atoms with Gasteiger partial charge >= 0.3 is 0 Å². The summed E-state index contributed by atoms with van der Waals surface area (Å²) in [5.41, 5.74) is 2.05. The third kappa shape index (κ3) is 3.77. The summed E-state index contributed by atoms with van der Waals surface area (Å²) in [4.78, 5) is 6.98. The molecule has 1 saturated heterocycles. The molecule has 0 radical (unpaired) electrons. The molecule has 6 heteroatoms. The van der Waals surface area contributed by atoms with E-state index in [2.05, 4.69) is 21.3 Å².